The molecule has 1 saturated heterocycles. The van der Waals surface area contributed by atoms with Gasteiger partial charge in [-0.25, -0.2) is 0 Å². The van der Waals surface area contributed by atoms with E-state index in [0.717, 1.165) is 23.7 Å². The van der Waals surface area contributed by atoms with Crippen molar-refractivity contribution in [1.29, 1.82) is 0 Å². The number of rotatable bonds is 2. The van der Waals surface area contributed by atoms with E-state index in [9.17, 15) is 5.11 Å². The minimum absolute atomic E-state index is 0.446. The fourth-order valence-corrected chi connectivity index (χ4v) is 2.67. The number of nitrogens with zero attached hydrogens (tertiary/aromatic N) is 1. The van der Waals surface area contributed by atoms with Crippen molar-refractivity contribution in [2.45, 2.75) is 25.4 Å². The predicted octanol–water partition coefficient (Wildman–Crippen LogP) is 2.81. The van der Waals surface area contributed by atoms with Gasteiger partial charge < -0.3 is 10.0 Å². The van der Waals surface area contributed by atoms with Crippen molar-refractivity contribution in [3.63, 3.8) is 0 Å². The van der Waals surface area contributed by atoms with Crippen LogP contribution in [0.25, 0.3) is 0 Å². The molecule has 1 aromatic carbocycles. The summed E-state index contributed by atoms with van der Waals surface area (Å²) in [6.45, 7) is 3.97. The Bertz CT molecular complexity index is 378. The lowest BCUT2D eigenvalue weighted by atomic mass is 9.96. The third kappa shape index (κ3) is 2.40. The first-order valence-electron chi connectivity index (χ1n) is 5.74. The topological polar surface area (TPSA) is 23.5 Å². The number of benzene rings is 1. The summed E-state index contributed by atoms with van der Waals surface area (Å²) in [7, 11) is 2.14. The summed E-state index contributed by atoms with van der Waals surface area (Å²) in [6, 6.07) is 5.93. The highest BCUT2D eigenvalue weighted by Gasteiger charge is 2.23. The molecule has 16 heavy (non-hydrogen) atoms. The zero-order valence-corrected chi connectivity index (χ0v) is 10.5. The number of likely N-dealkylation sites (tertiary alicyclic amines) is 1. The predicted molar refractivity (Wildman–Crippen MR) is 66.9 cm³/mol. The van der Waals surface area contributed by atoms with Crippen molar-refractivity contribution in [1.82, 2.24) is 4.90 Å². The lowest BCUT2D eigenvalue weighted by Crippen LogP contribution is -2.13. The molecule has 1 aromatic rings. The third-order valence-electron chi connectivity index (χ3n) is 3.34. The van der Waals surface area contributed by atoms with Crippen molar-refractivity contribution in [3.05, 3.63) is 34.3 Å². The minimum Gasteiger partial charge on any atom is -0.389 e. The molecule has 0 radical (unpaired) electrons. The highest BCUT2D eigenvalue weighted by Crippen LogP contribution is 2.33. The van der Waals surface area contributed by atoms with Gasteiger partial charge in [0.25, 0.3) is 0 Å². The van der Waals surface area contributed by atoms with Gasteiger partial charge in [-0.1, -0.05) is 23.7 Å². The molecular weight excluding hydrogens is 222 g/mol. The molecule has 0 aromatic heterocycles. The van der Waals surface area contributed by atoms with Gasteiger partial charge in [0.1, 0.15) is 0 Å². The highest BCUT2D eigenvalue weighted by molar-refractivity contribution is 6.31. The first-order chi connectivity index (χ1) is 7.58. The Kier molecular flexibility index (Phi) is 3.53. The lowest BCUT2D eigenvalue weighted by Gasteiger charge is -2.14. The molecule has 88 valence electrons. The fraction of sp³-hybridized carbons (Fsp3) is 0.538. The molecule has 3 heteroatoms. The van der Waals surface area contributed by atoms with Crippen LogP contribution in [-0.4, -0.2) is 30.1 Å². The van der Waals surface area contributed by atoms with E-state index < -0.39 is 6.10 Å². The summed E-state index contributed by atoms with van der Waals surface area (Å²) in [5.74, 6) is 0.542. The second kappa shape index (κ2) is 4.74. The molecule has 2 nitrogen and oxygen atoms in total. The zero-order valence-electron chi connectivity index (χ0n) is 9.78. The van der Waals surface area contributed by atoms with Crippen molar-refractivity contribution in [3.8, 4) is 0 Å². The Morgan fingerprint density at radius 2 is 2.25 bits per heavy atom. The monoisotopic (exact) mass is 239 g/mol. The number of aliphatic hydroxyl groups excluding tert-OH is 1. The van der Waals surface area contributed by atoms with Crippen LogP contribution < -0.4 is 0 Å². The second-order valence-corrected chi connectivity index (χ2v) is 5.11. The molecule has 1 N–H and O–H groups in total. The minimum atomic E-state index is -0.446. The van der Waals surface area contributed by atoms with E-state index in [1.54, 1.807) is 6.92 Å². The number of hydrogen-bond donors (Lipinski definition) is 1. The second-order valence-electron chi connectivity index (χ2n) is 4.70. The van der Waals surface area contributed by atoms with E-state index in [0.29, 0.717) is 5.92 Å². The van der Waals surface area contributed by atoms with E-state index in [-0.39, 0.29) is 0 Å². The molecule has 1 aliphatic heterocycles. The molecule has 0 aliphatic carbocycles. The SMILES string of the molecule is CC(O)c1ccc(C2CCN(C)C2)c(Cl)c1. The first kappa shape index (κ1) is 11.9. The van der Waals surface area contributed by atoms with E-state index in [4.69, 9.17) is 11.6 Å². The summed E-state index contributed by atoms with van der Waals surface area (Å²) >= 11 is 6.27. The molecule has 0 spiro atoms. The van der Waals surface area contributed by atoms with Crippen LogP contribution in [-0.2, 0) is 0 Å². The van der Waals surface area contributed by atoms with Crippen molar-refractivity contribution in [2.24, 2.45) is 0 Å². The molecule has 2 rings (SSSR count). The molecule has 0 saturated carbocycles. The maximum absolute atomic E-state index is 9.48. The van der Waals surface area contributed by atoms with Gasteiger partial charge in [-0.3, -0.25) is 0 Å². The maximum Gasteiger partial charge on any atom is 0.0762 e. The number of likely N-dealkylation sites (N-methyl/N-ethyl adjacent to an activating group) is 1. The maximum atomic E-state index is 9.48. The fourth-order valence-electron chi connectivity index (χ4n) is 2.32. The molecule has 1 fully saturated rings. The van der Waals surface area contributed by atoms with Gasteiger partial charge >= 0.3 is 0 Å². The molecular formula is C13H18ClNO. The summed E-state index contributed by atoms with van der Waals surface area (Å²) in [5, 5.41) is 10.3. The summed E-state index contributed by atoms with van der Waals surface area (Å²) in [4.78, 5) is 2.32. The van der Waals surface area contributed by atoms with Crippen LogP contribution in [0.4, 0.5) is 0 Å². The van der Waals surface area contributed by atoms with Crippen molar-refractivity contribution >= 4 is 11.6 Å². The van der Waals surface area contributed by atoms with E-state index in [1.165, 1.54) is 12.0 Å². The zero-order chi connectivity index (χ0) is 11.7. The van der Waals surface area contributed by atoms with Crippen LogP contribution in [0.15, 0.2) is 18.2 Å². The average molecular weight is 240 g/mol. The van der Waals surface area contributed by atoms with Crippen LogP contribution in [0.1, 0.15) is 36.5 Å². The lowest BCUT2D eigenvalue weighted by molar-refractivity contribution is 0.199. The molecule has 1 aliphatic rings. The van der Waals surface area contributed by atoms with Gasteiger partial charge in [0.05, 0.1) is 6.10 Å². The van der Waals surface area contributed by atoms with Gasteiger partial charge in [0.15, 0.2) is 0 Å². The molecule has 1 heterocycles. The Hall–Kier alpha value is -0.570. The van der Waals surface area contributed by atoms with Gasteiger partial charge in [-0.05, 0) is 50.0 Å². The number of aliphatic hydroxyl groups is 1. The van der Waals surface area contributed by atoms with E-state index >= 15 is 0 Å². The standard InChI is InChI=1S/C13H18ClNO/c1-9(16)10-3-4-12(13(14)7-10)11-5-6-15(2)8-11/h3-4,7,9,11,16H,5-6,8H2,1-2H3. The smallest absolute Gasteiger partial charge is 0.0762 e. The van der Waals surface area contributed by atoms with Gasteiger partial charge in [0, 0.05) is 11.6 Å². The highest BCUT2D eigenvalue weighted by atomic mass is 35.5. The quantitative estimate of drug-likeness (QED) is 0.858. The molecule has 0 amide bonds. The van der Waals surface area contributed by atoms with Crippen LogP contribution in [0.3, 0.4) is 0 Å². The molecule has 0 bridgehead atoms. The number of halogens is 1. The molecule has 2 atom stereocenters. The number of hydrogen-bond acceptors (Lipinski definition) is 2. The third-order valence-corrected chi connectivity index (χ3v) is 3.67. The van der Waals surface area contributed by atoms with Crippen molar-refractivity contribution in [2.75, 3.05) is 20.1 Å². The van der Waals surface area contributed by atoms with Crippen LogP contribution in [0.5, 0.6) is 0 Å². The van der Waals surface area contributed by atoms with E-state index in [1.807, 2.05) is 12.1 Å². The van der Waals surface area contributed by atoms with Gasteiger partial charge in [0.2, 0.25) is 0 Å². The summed E-state index contributed by atoms with van der Waals surface area (Å²) < 4.78 is 0. The van der Waals surface area contributed by atoms with Gasteiger partial charge in [-0.15, -0.1) is 0 Å². The van der Waals surface area contributed by atoms with Crippen molar-refractivity contribution < 1.29 is 5.11 Å². The largest absolute Gasteiger partial charge is 0.389 e. The average Bonchev–Trinajstić information content (AvgIpc) is 2.64. The Morgan fingerprint density at radius 1 is 1.50 bits per heavy atom. The van der Waals surface area contributed by atoms with Crippen LogP contribution in [0, 0.1) is 0 Å². The Balaban J connectivity index is 2.22. The molecule has 2 unspecified atom stereocenters. The van der Waals surface area contributed by atoms with Crippen LogP contribution in [0.2, 0.25) is 5.02 Å². The summed E-state index contributed by atoms with van der Waals surface area (Å²) in [5.41, 5.74) is 2.11. The van der Waals surface area contributed by atoms with Crippen LogP contribution >= 0.6 is 11.6 Å². The van der Waals surface area contributed by atoms with E-state index in [2.05, 4.69) is 18.0 Å². The Morgan fingerprint density at radius 3 is 2.75 bits per heavy atom. The summed E-state index contributed by atoms with van der Waals surface area (Å²) in [6.07, 6.45) is 0.724. The Labute approximate surface area is 102 Å². The normalized spacial score (nSPS) is 23.6. The van der Waals surface area contributed by atoms with Gasteiger partial charge in [-0.2, -0.15) is 0 Å². The first-order valence-corrected chi connectivity index (χ1v) is 6.11.